The highest BCUT2D eigenvalue weighted by atomic mass is 19.4. The third-order valence-electron chi connectivity index (χ3n) is 5.17. The van der Waals surface area contributed by atoms with E-state index in [9.17, 15) is 27.5 Å². The van der Waals surface area contributed by atoms with Crippen LogP contribution in [-0.2, 0) is 6.42 Å². The van der Waals surface area contributed by atoms with Crippen LogP contribution in [0.4, 0.5) is 29.1 Å². The van der Waals surface area contributed by atoms with E-state index in [0.29, 0.717) is 36.5 Å². The summed E-state index contributed by atoms with van der Waals surface area (Å²) in [5, 5.41) is 12.4. The van der Waals surface area contributed by atoms with E-state index in [1.807, 2.05) is 4.90 Å². The number of pyridine rings is 1. The van der Waals surface area contributed by atoms with Gasteiger partial charge in [0.1, 0.15) is 18.0 Å². The zero-order valence-corrected chi connectivity index (χ0v) is 17.2. The van der Waals surface area contributed by atoms with Crippen LogP contribution in [0.5, 0.6) is 0 Å². The molecule has 0 radical (unpaired) electrons. The average molecular weight is 461 g/mol. The molecule has 1 amide bonds. The van der Waals surface area contributed by atoms with Crippen molar-refractivity contribution in [2.45, 2.75) is 25.1 Å². The highest BCUT2D eigenvalue weighted by Gasteiger charge is 2.29. The lowest BCUT2D eigenvalue weighted by atomic mass is 10.1. The molecule has 0 unspecified atom stereocenters. The molecule has 1 aromatic carbocycles. The number of hydrogen-bond donors (Lipinski definition) is 2. The van der Waals surface area contributed by atoms with Gasteiger partial charge in [-0.1, -0.05) is 6.07 Å². The molecule has 0 bridgehead atoms. The maximum Gasteiger partial charge on any atom is 0.393 e. The molecule has 0 spiro atoms. The van der Waals surface area contributed by atoms with Crippen molar-refractivity contribution >= 4 is 17.4 Å². The molecular weight excluding hydrogens is 442 g/mol. The molecule has 2 N–H and O–H groups in total. The molecule has 1 aliphatic rings. The molecule has 7 nitrogen and oxygen atoms in total. The number of nitrogens with one attached hydrogen (secondary N) is 1. The number of nitrogens with zero attached hydrogens (tertiary/aromatic N) is 4. The van der Waals surface area contributed by atoms with Gasteiger partial charge in [-0.05, 0) is 30.2 Å². The van der Waals surface area contributed by atoms with Gasteiger partial charge in [0.25, 0.3) is 5.91 Å². The van der Waals surface area contributed by atoms with E-state index in [4.69, 9.17) is 0 Å². The molecule has 0 saturated carbocycles. The van der Waals surface area contributed by atoms with E-state index in [1.165, 1.54) is 18.6 Å². The van der Waals surface area contributed by atoms with E-state index in [-0.39, 0.29) is 11.3 Å². The van der Waals surface area contributed by atoms with Crippen LogP contribution in [0.1, 0.15) is 22.3 Å². The average Bonchev–Trinajstić information content (AvgIpc) is 3.21. The summed E-state index contributed by atoms with van der Waals surface area (Å²) in [6.45, 7) is 0.979. The van der Waals surface area contributed by atoms with E-state index in [0.717, 1.165) is 12.1 Å². The first-order valence-electron chi connectivity index (χ1n) is 10.0. The molecule has 33 heavy (non-hydrogen) atoms. The zero-order chi connectivity index (χ0) is 23.6. The number of alkyl halides is 3. The smallest absolute Gasteiger partial charge is 0.391 e. The summed E-state index contributed by atoms with van der Waals surface area (Å²) in [7, 11) is 0. The zero-order valence-electron chi connectivity index (χ0n) is 17.2. The Kier molecular flexibility index (Phi) is 6.23. The third kappa shape index (κ3) is 5.43. The summed E-state index contributed by atoms with van der Waals surface area (Å²) in [6.07, 6.45) is 0.0108. The lowest BCUT2D eigenvalue weighted by Gasteiger charge is -2.20. The van der Waals surface area contributed by atoms with E-state index >= 15 is 0 Å². The van der Waals surface area contributed by atoms with Gasteiger partial charge in [0.05, 0.1) is 18.1 Å². The molecule has 3 aromatic rings. The van der Waals surface area contributed by atoms with Crippen LogP contribution in [0.3, 0.4) is 0 Å². The van der Waals surface area contributed by atoms with Gasteiger partial charge in [-0.2, -0.15) is 13.2 Å². The minimum Gasteiger partial charge on any atom is -0.391 e. The lowest BCUT2D eigenvalue weighted by molar-refractivity contribution is -0.127. The van der Waals surface area contributed by atoms with Crippen LogP contribution >= 0.6 is 0 Å². The van der Waals surface area contributed by atoms with Crippen LogP contribution in [0.15, 0.2) is 49.2 Å². The fourth-order valence-electron chi connectivity index (χ4n) is 3.61. The Hall–Kier alpha value is -3.60. The van der Waals surface area contributed by atoms with Gasteiger partial charge in [0, 0.05) is 48.5 Å². The second kappa shape index (κ2) is 9.10. The van der Waals surface area contributed by atoms with Gasteiger partial charge < -0.3 is 15.3 Å². The number of amides is 1. The van der Waals surface area contributed by atoms with Crippen molar-refractivity contribution in [3.05, 3.63) is 66.1 Å². The molecule has 11 heteroatoms. The fraction of sp³-hybridized carbons (Fsp3) is 0.273. The second-order valence-corrected chi connectivity index (χ2v) is 7.66. The Labute approximate surface area is 186 Å². The molecule has 2 aromatic heterocycles. The molecule has 172 valence electrons. The number of hydrogen-bond acceptors (Lipinski definition) is 6. The van der Waals surface area contributed by atoms with Crippen LogP contribution in [-0.4, -0.2) is 51.3 Å². The fourth-order valence-corrected chi connectivity index (χ4v) is 3.61. The predicted octanol–water partition coefficient (Wildman–Crippen LogP) is 3.61. The molecular formula is C22H19F4N5O2. The van der Waals surface area contributed by atoms with E-state index in [2.05, 4.69) is 20.3 Å². The van der Waals surface area contributed by atoms with E-state index < -0.39 is 36.0 Å². The van der Waals surface area contributed by atoms with Crippen molar-refractivity contribution in [2.75, 3.05) is 23.3 Å². The summed E-state index contributed by atoms with van der Waals surface area (Å²) in [5.41, 5.74) is 0.838. The molecule has 0 aliphatic carbocycles. The third-order valence-corrected chi connectivity index (χ3v) is 5.17. The molecule has 1 saturated heterocycles. The highest BCUT2D eigenvalue weighted by molar-refractivity contribution is 6.05. The maximum absolute atomic E-state index is 14.1. The monoisotopic (exact) mass is 461 g/mol. The van der Waals surface area contributed by atoms with Gasteiger partial charge >= 0.3 is 6.18 Å². The summed E-state index contributed by atoms with van der Waals surface area (Å²) in [5.74, 6) is -1.12. The van der Waals surface area contributed by atoms with Crippen LogP contribution in [0.2, 0.25) is 0 Å². The molecule has 1 fully saturated rings. The van der Waals surface area contributed by atoms with Crippen LogP contribution < -0.4 is 10.2 Å². The number of anilines is 2. The first-order chi connectivity index (χ1) is 15.7. The number of aliphatic hydroxyl groups excluding tert-OH is 1. The highest BCUT2D eigenvalue weighted by Crippen LogP contribution is 2.31. The molecule has 1 atom stereocenters. The van der Waals surface area contributed by atoms with Crippen LogP contribution in [0, 0.1) is 5.82 Å². The van der Waals surface area contributed by atoms with Gasteiger partial charge in [0.15, 0.2) is 0 Å². The first-order valence-corrected chi connectivity index (χ1v) is 10.0. The number of aromatic nitrogens is 3. The van der Waals surface area contributed by atoms with Gasteiger partial charge in [-0.25, -0.2) is 19.3 Å². The number of carbonyl (C=O) groups is 1. The number of β-amino-alcohol motifs (C(OH)–C–C–N with tert-alkyl or cyclic N) is 1. The van der Waals surface area contributed by atoms with Crippen molar-refractivity contribution < 1.29 is 27.5 Å². The predicted molar refractivity (Wildman–Crippen MR) is 112 cm³/mol. The van der Waals surface area contributed by atoms with Crippen molar-refractivity contribution in [3.63, 3.8) is 0 Å². The van der Waals surface area contributed by atoms with Gasteiger partial charge in [-0.3, -0.25) is 4.79 Å². The number of halogens is 4. The van der Waals surface area contributed by atoms with Gasteiger partial charge in [-0.15, -0.1) is 0 Å². The van der Waals surface area contributed by atoms with Crippen LogP contribution in [0.25, 0.3) is 11.1 Å². The number of carbonyl (C=O) groups excluding carboxylic acids is 1. The Bertz CT molecular complexity index is 1160. The normalized spacial score (nSPS) is 16.2. The van der Waals surface area contributed by atoms with Crippen molar-refractivity contribution in [1.29, 1.82) is 0 Å². The van der Waals surface area contributed by atoms with Crippen molar-refractivity contribution in [1.82, 2.24) is 15.0 Å². The molecule has 4 rings (SSSR count). The quantitative estimate of drug-likeness (QED) is 0.565. The molecule has 3 heterocycles. The second-order valence-electron chi connectivity index (χ2n) is 7.66. The number of aliphatic hydroxyl groups is 1. The van der Waals surface area contributed by atoms with Crippen molar-refractivity contribution in [2.24, 2.45) is 0 Å². The Morgan fingerprint density at radius 2 is 1.94 bits per heavy atom. The summed E-state index contributed by atoms with van der Waals surface area (Å²) >= 11 is 0. The number of rotatable bonds is 5. The Morgan fingerprint density at radius 1 is 1.18 bits per heavy atom. The lowest BCUT2D eigenvalue weighted by Crippen LogP contribution is -2.23. The SMILES string of the molecule is O=C(Nc1ccc(CC(F)(F)F)c(F)c1)c1cnc(N2CC[C@@H](O)C2)c(-c2cncnc2)c1. The molecule has 1 aliphatic heterocycles. The van der Waals surface area contributed by atoms with E-state index in [1.54, 1.807) is 18.5 Å². The minimum absolute atomic E-state index is 0.0137. The minimum atomic E-state index is -4.54. The summed E-state index contributed by atoms with van der Waals surface area (Å²) < 4.78 is 51.7. The Morgan fingerprint density at radius 3 is 2.58 bits per heavy atom. The van der Waals surface area contributed by atoms with Crippen molar-refractivity contribution in [3.8, 4) is 11.1 Å². The largest absolute Gasteiger partial charge is 0.393 e. The summed E-state index contributed by atoms with van der Waals surface area (Å²) in [4.78, 5) is 27.1. The first kappa shape index (κ1) is 22.6. The maximum atomic E-state index is 14.1. The number of benzene rings is 1. The topological polar surface area (TPSA) is 91.2 Å². The van der Waals surface area contributed by atoms with Gasteiger partial charge in [0.2, 0.25) is 0 Å². The standard InChI is InChI=1S/C22H19F4N5O2/c23-19-6-16(2-1-13(19)7-22(24,25)26)30-21(33)14-5-18(15-8-27-12-28-9-15)20(29-10-14)31-4-3-17(32)11-31/h1-2,5-6,8-10,12,17,32H,3-4,7,11H2,(H,30,33)/t17-/m1/s1. The summed E-state index contributed by atoms with van der Waals surface area (Å²) in [6, 6.07) is 4.63. The Balaban J connectivity index is 1.60.